The first-order valence-electron chi connectivity index (χ1n) is 8.66. The highest BCUT2D eigenvalue weighted by atomic mass is 32.2. The lowest BCUT2D eigenvalue weighted by atomic mass is 9.94. The molecule has 0 heterocycles. The Morgan fingerprint density at radius 3 is 1.85 bits per heavy atom. The molecule has 0 atom stereocenters. The van der Waals surface area contributed by atoms with Crippen LogP contribution in [0.2, 0.25) is 0 Å². The molecule has 0 N–H and O–H groups in total. The fraction of sp³-hybridized carbons (Fsp3) is 0. The van der Waals surface area contributed by atoms with Crippen LogP contribution in [-0.2, 0) is 0 Å². The van der Waals surface area contributed by atoms with Crippen LogP contribution in [0.15, 0.2) is 117 Å². The van der Waals surface area contributed by atoms with Crippen LogP contribution >= 0.6 is 37.0 Å². The molecule has 4 aromatic carbocycles. The van der Waals surface area contributed by atoms with Crippen LogP contribution < -0.4 is 0 Å². The number of hydrogen-bond acceptors (Lipinski definition) is 3. The second kappa shape index (κ2) is 8.30. The lowest BCUT2D eigenvalue weighted by Gasteiger charge is -2.18. The van der Waals surface area contributed by atoms with Gasteiger partial charge in [-0.15, -0.1) is 25.3 Å². The van der Waals surface area contributed by atoms with Crippen molar-refractivity contribution in [3.05, 3.63) is 97.1 Å². The molecule has 0 bridgehead atoms. The smallest absolute Gasteiger partial charge is 0.0207 e. The second-order valence-electron chi connectivity index (χ2n) is 6.13. The van der Waals surface area contributed by atoms with Gasteiger partial charge >= 0.3 is 0 Å². The number of thiol groups is 2. The summed E-state index contributed by atoms with van der Waals surface area (Å²) in [6.07, 6.45) is 0. The summed E-state index contributed by atoms with van der Waals surface area (Å²) in [6, 6.07) is 33.4. The van der Waals surface area contributed by atoms with Crippen LogP contribution in [0.5, 0.6) is 0 Å². The summed E-state index contributed by atoms with van der Waals surface area (Å²) in [5.41, 5.74) is 4.59. The highest BCUT2D eigenvalue weighted by Gasteiger charge is 2.17. The largest absolute Gasteiger partial charge is 0.143 e. The molecule has 3 heteroatoms. The van der Waals surface area contributed by atoms with E-state index in [4.69, 9.17) is 25.3 Å². The third kappa shape index (κ3) is 3.96. The van der Waals surface area contributed by atoms with E-state index in [1.807, 2.05) is 30.3 Å². The molecule has 0 spiro atoms. The molecule has 4 aromatic rings. The lowest BCUT2D eigenvalue weighted by molar-refractivity contribution is 1.32. The minimum Gasteiger partial charge on any atom is -0.143 e. The molecule has 0 aliphatic rings. The molecule has 0 aliphatic carbocycles. The summed E-state index contributed by atoms with van der Waals surface area (Å²) < 4.78 is 0. The molecule has 4 rings (SSSR count). The van der Waals surface area contributed by atoms with Crippen LogP contribution in [0, 0.1) is 0 Å². The minimum atomic E-state index is 0.951. The van der Waals surface area contributed by atoms with Crippen LogP contribution in [0.1, 0.15) is 0 Å². The molecular weight excluding hydrogens is 384 g/mol. The van der Waals surface area contributed by atoms with E-state index < -0.39 is 0 Å². The number of rotatable bonds is 4. The van der Waals surface area contributed by atoms with Crippen LogP contribution in [0.3, 0.4) is 0 Å². The predicted octanol–water partition coefficient (Wildman–Crippen LogP) is 7.75. The van der Waals surface area contributed by atoms with E-state index in [1.165, 1.54) is 20.9 Å². The molecule has 0 amide bonds. The summed E-state index contributed by atoms with van der Waals surface area (Å²) >= 11 is 11.3. The van der Waals surface area contributed by atoms with Gasteiger partial charge < -0.3 is 0 Å². The molecule has 0 aromatic heterocycles. The molecule has 0 saturated heterocycles. The van der Waals surface area contributed by atoms with Crippen molar-refractivity contribution in [3.63, 3.8) is 0 Å². The van der Waals surface area contributed by atoms with E-state index in [2.05, 4.69) is 66.7 Å². The molecule has 0 radical (unpaired) electrons. The zero-order valence-corrected chi connectivity index (χ0v) is 17.1. The van der Waals surface area contributed by atoms with Gasteiger partial charge in [0.25, 0.3) is 0 Å². The van der Waals surface area contributed by atoms with Crippen molar-refractivity contribution < 1.29 is 0 Å². The van der Waals surface area contributed by atoms with Crippen molar-refractivity contribution in [2.24, 2.45) is 0 Å². The van der Waals surface area contributed by atoms with E-state index >= 15 is 0 Å². The molecule has 0 nitrogen and oxygen atoms in total. The average Bonchev–Trinajstić information content (AvgIpc) is 2.71. The van der Waals surface area contributed by atoms with Crippen molar-refractivity contribution in [3.8, 4) is 22.3 Å². The third-order valence-corrected chi connectivity index (χ3v) is 6.18. The van der Waals surface area contributed by atoms with Crippen LogP contribution in [0.25, 0.3) is 22.3 Å². The summed E-state index contributed by atoms with van der Waals surface area (Å²) in [5, 5.41) is 0. The van der Waals surface area contributed by atoms with E-state index in [9.17, 15) is 0 Å². The monoisotopic (exact) mass is 402 g/mol. The van der Waals surface area contributed by atoms with E-state index in [0.29, 0.717) is 0 Å². The topological polar surface area (TPSA) is 0 Å². The predicted molar refractivity (Wildman–Crippen MR) is 122 cm³/mol. The third-order valence-electron chi connectivity index (χ3n) is 4.35. The number of benzene rings is 4. The molecule has 0 aliphatic heterocycles. The maximum Gasteiger partial charge on any atom is 0.0207 e. The Balaban J connectivity index is 1.98. The Bertz CT molecular complexity index is 1060. The SMILES string of the molecule is Sc1ccccc1-c1c(S)ccc(Sc2ccccc2)c1-c1ccccc1. The Morgan fingerprint density at radius 2 is 1.15 bits per heavy atom. The quantitative estimate of drug-likeness (QED) is 0.329. The van der Waals surface area contributed by atoms with Crippen molar-refractivity contribution in [2.45, 2.75) is 19.6 Å². The Labute approximate surface area is 175 Å². The maximum atomic E-state index is 4.81. The van der Waals surface area contributed by atoms with Gasteiger partial charge in [0.15, 0.2) is 0 Å². The summed E-state index contributed by atoms with van der Waals surface area (Å²) in [6.45, 7) is 0. The average molecular weight is 403 g/mol. The fourth-order valence-corrected chi connectivity index (χ4v) is 4.71. The van der Waals surface area contributed by atoms with Crippen LogP contribution in [-0.4, -0.2) is 0 Å². The van der Waals surface area contributed by atoms with E-state index in [1.54, 1.807) is 11.8 Å². The molecule has 0 saturated carbocycles. The molecule has 27 heavy (non-hydrogen) atoms. The Hall–Kier alpha value is -2.07. The van der Waals surface area contributed by atoms with Gasteiger partial charge in [0.05, 0.1) is 0 Å². The minimum absolute atomic E-state index is 0.951. The first-order chi connectivity index (χ1) is 13.2. The zero-order valence-electron chi connectivity index (χ0n) is 14.5. The molecule has 0 fully saturated rings. The van der Waals surface area contributed by atoms with E-state index in [-0.39, 0.29) is 0 Å². The maximum absolute atomic E-state index is 4.81. The Morgan fingerprint density at radius 1 is 0.519 bits per heavy atom. The van der Waals surface area contributed by atoms with Crippen molar-refractivity contribution in [1.82, 2.24) is 0 Å². The molecule has 132 valence electrons. The first kappa shape index (κ1) is 18.3. The molecular formula is C24H18S3. The first-order valence-corrected chi connectivity index (χ1v) is 10.4. The van der Waals surface area contributed by atoms with Crippen molar-refractivity contribution >= 4 is 37.0 Å². The fourth-order valence-electron chi connectivity index (χ4n) is 3.12. The summed E-state index contributed by atoms with van der Waals surface area (Å²) in [5.74, 6) is 0. The van der Waals surface area contributed by atoms with Gasteiger partial charge in [-0.05, 0) is 41.5 Å². The Kier molecular flexibility index (Phi) is 5.63. The van der Waals surface area contributed by atoms with E-state index in [0.717, 1.165) is 20.9 Å². The zero-order chi connectivity index (χ0) is 18.6. The van der Waals surface area contributed by atoms with Gasteiger partial charge in [-0.1, -0.05) is 78.5 Å². The summed E-state index contributed by atoms with van der Waals surface area (Å²) in [7, 11) is 0. The van der Waals surface area contributed by atoms with Gasteiger partial charge in [-0.25, -0.2) is 0 Å². The van der Waals surface area contributed by atoms with Gasteiger partial charge in [0, 0.05) is 30.7 Å². The second-order valence-corrected chi connectivity index (χ2v) is 8.21. The highest BCUT2D eigenvalue weighted by molar-refractivity contribution is 7.99. The normalized spacial score (nSPS) is 10.7. The standard InChI is InChI=1S/C24H18S3/c25-20-14-8-7-13-19(20)24-21(26)15-16-22(27-18-11-5-2-6-12-18)23(24)17-9-3-1-4-10-17/h1-16,25-26H. The van der Waals surface area contributed by atoms with Gasteiger partial charge in [0.1, 0.15) is 0 Å². The number of hydrogen-bond donors (Lipinski definition) is 2. The molecule has 0 unspecified atom stereocenters. The van der Waals surface area contributed by atoms with Gasteiger partial charge in [-0.2, -0.15) is 0 Å². The van der Waals surface area contributed by atoms with Gasteiger partial charge in [-0.3, -0.25) is 0 Å². The van der Waals surface area contributed by atoms with Gasteiger partial charge in [0.2, 0.25) is 0 Å². The van der Waals surface area contributed by atoms with Crippen LogP contribution in [0.4, 0.5) is 0 Å². The highest BCUT2D eigenvalue weighted by Crippen LogP contribution is 2.46. The van der Waals surface area contributed by atoms with Crippen molar-refractivity contribution in [1.29, 1.82) is 0 Å². The van der Waals surface area contributed by atoms with Crippen molar-refractivity contribution in [2.75, 3.05) is 0 Å². The summed E-state index contributed by atoms with van der Waals surface area (Å²) in [4.78, 5) is 4.32. The lowest BCUT2D eigenvalue weighted by Crippen LogP contribution is -1.92.